The Hall–Kier alpha value is -8.78. The zero-order valence-corrected chi connectivity index (χ0v) is 53.1. The number of imidazole rings is 1. The first-order chi connectivity index (χ1) is 42.1. The number of carbonyl (C=O) groups excluding carboxylic acids is 3. The Bertz CT molecular complexity index is 3280. The van der Waals surface area contributed by atoms with E-state index in [9.17, 15) is 34.6 Å². The number of rotatable bonds is 14. The lowest BCUT2D eigenvalue weighted by atomic mass is 9.98. The van der Waals surface area contributed by atoms with Gasteiger partial charge in [-0.1, -0.05) is 64.2 Å². The fraction of sp³-hybridized carbons (Fsp3) is 0.523. The molecule has 0 bridgehead atoms. The van der Waals surface area contributed by atoms with Crippen molar-refractivity contribution in [2.24, 2.45) is 17.8 Å². The number of carbonyl (C=O) groups is 3. The predicted octanol–water partition coefficient (Wildman–Crippen LogP) is 12.9. The first kappa shape index (κ1) is 77.5. The van der Waals surface area contributed by atoms with Crippen LogP contribution in [0.2, 0.25) is 5.15 Å². The lowest BCUT2D eigenvalue weighted by Crippen LogP contribution is -2.42. The molecule has 6 aromatic rings. The van der Waals surface area contributed by atoms with Crippen LogP contribution in [0.15, 0.2) is 91.0 Å². The molecule has 0 saturated carbocycles. The van der Waals surface area contributed by atoms with Crippen molar-refractivity contribution in [3.63, 3.8) is 0 Å². The summed E-state index contributed by atoms with van der Waals surface area (Å²) in [5.41, 5.74) is 12.7. The highest BCUT2D eigenvalue weighted by Crippen LogP contribution is 2.29. The molecule has 3 saturated heterocycles. The van der Waals surface area contributed by atoms with E-state index in [1.165, 1.54) is 31.0 Å². The normalized spacial score (nSPS) is 16.2. The number of fused-ring (bicyclic) bond motifs is 1. The van der Waals surface area contributed by atoms with Crippen LogP contribution in [0.25, 0.3) is 22.6 Å². The standard InChI is InChI=1S/C30H35N5O3.C16H25N5O4.C11H22N2O2.C5H4ClN3O2.3CH4/c1-30(2,3)38-29(36)31-18-22-10-7-17-35(19-22)26-16-15-25-28(33-26)34-27(32-25)23-11-13-24(14-12-23)37-20-21-8-5-4-6-9-21;1-16(2,3)25-15(22)18-9-11-5-4-8-20(10-11)13-7-6-12(21(23)24)14(17)19-13;1-11(2,3)15-10(14)13-8-9-5-4-6-12-7-9;6-4-2-1-3(9(10)11)5(7)8-4;;;/h4-6,8-9,11-16,22H,7,10,17-20H2,1-3H3,(H,31,36)(H,32,33,34);6-7,11H,4-5,8-10H2,1-3H3,(H2,17,19)(H,18,22);9,12H,4-8H2,1-3H3,(H,13,14);1-2H,(H2,7,8);3*1H4. The number of anilines is 4. The van der Waals surface area contributed by atoms with Gasteiger partial charge in [-0.15, -0.1) is 0 Å². The fourth-order valence-corrected chi connectivity index (χ4v) is 9.79. The van der Waals surface area contributed by atoms with Gasteiger partial charge in [-0.3, -0.25) is 20.2 Å². The third-order valence-corrected chi connectivity index (χ3v) is 14.0. The number of aromatic amines is 1. The van der Waals surface area contributed by atoms with Crippen molar-refractivity contribution in [1.29, 1.82) is 0 Å². The molecule has 9 rings (SSSR count). The maximum absolute atomic E-state index is 12.1. The molecule has 3 aliphatic heterocycles. The molecular formula is C65H98ClN15O11. The first-order valence-corrected chi connectivity index (χ1v) is 30.2. The second-order valence-corrected chi connectivity index (χ2v) is 25.2. The van der Waals surface area contributed by atoms with Crippen molar-refractivity contribution in [2.45, 2.75) is 147 Å². The largest absolute Gasteiger partial charge is 0.489 e. The summed E-state index contributed by atoms with van der Waals surface area (Å²) in [6, 6.07) is 27.6. The van der Waals surface area contributed by atoms with Crippen LogP contribution in [0.3, 0.4) is 0 Å². The number of nitrogens with one attached hydrogen (secondary N) is 5. The van der Waals surface area contributed by atoms with Gasteiger partial charge in [0.1, 0.15) is 51.8 Å². The van der Waals surface area contributed by atoms with Gasteiger partial charge in [0.2, 0.25) is 11.6 Å². The van der Waals surface area contributed by atoms with Crippen LogP contribution >= 0.6 is 11.6 Å². The molecular weight excluding hydrogens is 1200 g/mol. The van der Waals surface area contributed by atoms with E-state index in [4.69, 9.17) is 52.0 Å². The number of aromatic nitrogens is 5. The number of pyridine rings is 3. The quantitative estimate of drug-likeness (QED) is 0.0230. The van der Waals surface area contributed by atoms with Gasteiger partial charge in [0.15, 0.2) is 5.65 Å². The maximum Gasteiger partial charge on any atom is 0.407 e. The number of alkyl carbamates (subject to hydrolysis) is 3. The third-order valence-electron chi connectivity index (χ3n) is 13.7. The average molecular weight is 1300 g/mol. The number of hydrogen-bond donors (Lipinski definition) is 7. The Labute approximate surface area is 546 Å². The average Bonchev–Trinajstić information content (AvgIpc) is 1.61. The highest BCUT2D eigenvalue weighted by atomic mass is 35.5. The second kappa shape index (κ2) is 36.3. The fourth-order valence-electron chi connectivity index (χ4n) is 9.63. The van der Waals surface area contributed by atoms with Gasteiger partial charge >= 0.3 is 29.7 Å². The predicted molar refractivity (Wildman–Crippen MR) is 364 cm³/mol. The van der Waals surface area contributed by atoms with E-state index in [1.54, 1.807) is 6.07 Å². The van der Waals surface area contributed by atoms with Crippen LogP contribution < -0.4 is 47.3 Å². The lowest BCUT2D eigenvalue weighted by molar-refractivity contribution is -0.384. The molecule has 3 amide bonds. The number of H-pyrrole nitrogens is 1. The number of nitro groups is 2. The van der Waals surface area contributed by atoms with E-state index < -0.39 is 32.7 Å². The van der Waals surface area contributed by atoms with E-state index in [-0.39, 0.29) is 68.5 Å². The summed E-state index contributed by atoms with van der Waals surface area (Å²) in [5, 5.41) is 33.0. The summed E-state index contributed by atoms with van der Waals surface area (Å²) in [6.07, 6.45) is 5.30. The molecule has 26 nitrogen and oxygen atoms in total. The zero-order valence-electron chi connectivity index (χ0n) is 52.3. The van der Waals surface area contributed by atoms with E-state index in [1.807, 2.05) is 122 Å². The molecule has 0 aliphatic carbocycles. The van der Waals surface area contributed by atoms with Crippen LogP contribution in [0, 0.1) is 38.0 Å². The van der Waals surface area contributed by atoms with Gasteiger partial charge in [0.05, 0.1) is 15.4 Å². The van der Waals surface area contributed by atoms with E-state index in [0.717, 1.165) is 92.4 Å². The molecule has 27 heteroatoms. The zero-order chi connectivity index (χ0) is 64.9. The van der Waals surface area contributed by atoms with E-state index in [2.05, 4.69) is 53.3 Å². The summed E-state index contributed by atoms with van der Waals surface area (Å²) in [4.78, 5) is 80.0. The highest BCUT2D eigenvalue weighted by molar-refractivity contribution is 6.29. The molecule has 3 aliphatic rings. The maximum atomic E-state index is 12.1. The number of piperidine rings is 3. The Morgan fingerprint density at radius 1 is 0.609 bits per heavy atom. The van der Waals surface area contributed by atoms with Crippen LogP contribution in [0.1, 0.15) is 129 Å². The lowest BCUT2D eigenvalue weighted by Gasteiger charge is -2.33. The summed E-state index contributed by atoms with van der Waals surface area (Å²) in [7, 11) is 0. The van der Waals surface area contributed by atoms with Gasteiger partial charge < -0.3 is 66.5 Å². The summed E-state index contributed by atoms with van der Waals surface area (Å²) < 4.78 is 21.7. The minimum absolute atomic E-state index is 0. The Morgan fingerprint density at radius 2 is 1.08 bits per heavy atom. The second-order valence-electron chi connectivity index (χ2n) is 24.8. The topological polar surface area (TPSA) is 348 Å². The SMILES string of the molecule is C.C.C.CC(C)(C)OC(=O)NCC1CCCN(c2ccc([N+](=O)[O-])c(N)n2)C1.CC(C)(C)OC(=O)NCC1CCCN(c2ccc3[nH]c(-c4ccc(OCc5ccccc5)cc4)nc3n2)C1.CC(C)(C)OC(=O)NCC1CCCNC1.Nc1nc(Cl)ccc1[N+](=O)[O-]. The molecule has 3 atom stereocenters. The Kier molecular flexibility index (Phi) is 30.6. The van der Waals surface area contributed by atoms with Crippen molar-refractivity contribution < 1.29 is 43.2 Å². The first-order valence-electron chi connectivity index (χ1n) is 29.8. The number of ether oxygens (including phenoxy) is 4. The summed E-state index contributed by atoms with van der Waals surface area (Å²) >= 11 is 5.41. The van der Waals surface area contributed by atoms with Gasteiger partial charge in [-0.25, -0.2) is 34.3 Å². The molecule has 4 aromatic heterocycles. The number of benzene rings is 2. The van der Waals surface area contributed by atoms with Gasteiger partial charge in [-0.2, -0.15) is 0 Å². The van der Waals surface area contributed by atoms with Crippen molar-refractivity contribution in [1.82, 2.24) is 46.2 Å². The van der Waals surface area contributed by atoms with Gasteiger partial charge in [0, 0.05) is 63.5 Å². The third kappa shape index (κ3) is 27.0. The molecule has 2 aromatic carbocycles. The summed E-state index contributed by atoms with van der Waals surface area (Å²) in [6.45, 7) is 24.4. The molecule has 0 spiro atoms. The van der Waals surface area contributed by atoms with Crippen molar-refractivity contribution in [3.05, 3.63) is 122 Å². The smallest absolute Gasteiger partial charge is 0.407 e. The number of amides is 3. The summed E-state index contributed by atoms with van der Waals surface area (Å²) in [5.74, 6) is 4.00. The van der Waals surface area contributed by atoms with E-state index in [0.29, 0.717) is 56.1 Å². The minimum Gasteiger partial charge on any atom is -0.489 e. The van der Waals surface area contributed by atoms with Crippen LogP contribution in [-0.2, 0) is 20.8 Å². The number of nitrogens with two attached hydrogens (primary N) is 2. The Morgan fingerprint density at radius 3 is 1.54 bits per heavy atom. The van der Waals surface area contributed by atoms with Gasteiger partial charge in [0.25, 0.3) is 0 Å². The minimum atomic E-state index is -0.612. The Balaban J connectivity index is 0.000000352. The van der Waals surface area contributed by atoms with E-state index >= 15 is 0 Å². The monoisotopic (exact) mass is 1300 g/mol. The molecule has 7 heterocycles. The van der Waals surface area contributed by atoms with Crippen LogP contribution in [0.5, 0.6) is 5.75 Å². The highest BCUT2D eigenvalue weighted by Gasteiger charge is 2.27. The molecule has 0 radical (unpaired) electrons. The molecule has 9 N–H and O–H groups in total. The van der Waals surface area contributed by atoms with Crippen molar-refractivity contribution in [2.75, 3.05) is 80.2 Å². The van der Waals surface area contributed by atoms with Crippen LogP contribution in [-0.4, -0.2) is 129 Å². The molecule has 3 fully saturated rings. The van der Waals surface area contributed by atoms with Crippen molar-refractivity contribution in [3.8, 4) is 17.1 Å². The van der Waals surface area contributed by atoms with Crippen molar-refractivity contribution >= 4 is 75.7 Å². The number of nitrogens with zero attached hydrogens (tertiary/aromatic N) is 8. The molecule has 506 valence electrons. The molecule has 3 unspecified atom stereocenters. The number of halogens is 1. The molecule has 92 heavy (non-hydrogen) atoms. The number of hydrogen-bond acceptors (Lipinski definition) is 20. The van der Waals surface area contributed by atoms with Gasteiger partial charge in [-0.05, 0) is 186 Å². The number of nitrogen functional groups attached to an aromatic ring is 2. The van der Waals surface area contributed by atoms with Crippen LogP contribution in [0.4, 0.5) is 49.0 Å².